The van der Waals surface area contributed by atoms with Gasteiger partial charge in [0.25, 0.3) is 0 Å². The zero-order chi connectivity index (χ0) is 27.1. The molecule has 38 heavy (non-hydrogen) atoms. The number of aryl methyl sites for hydroxylation is 1. The number of rotatable bonds is 8. The Morgan fingerprint density at radius 2 is 1.95 bits per heavy atom. The standard InChI is InChI=1S/C27H31N7O4/c1-5-34-23-20(36-16-10-9-15-29-26(35)37-27(2,3)4)17-30-19(14-13-18-11-7-6-8-12-18)21(23)31-25(34)22-24(28)33-38-32-22/h6-8,11-12,17H,5,9-10,15-16H2,1-4H3,(H2,28,33)(H,29,35). The molecule has 0 unspecified atom stereocenters. The molecule has 0 fully saturated rings. The van der Waals surface area contributed by atoms with Crippen molar-refractivity contribution in [2.75, 3.05) is 18.9 Å². The maximum atomic E-state index is 11.8. The van der Waals surface area contributed by atoms with Gasteiger partial charge in [-0.3, -0.25) is 0 Å². The molecule has 11 heteroatoms. The Morgan fingerprint density at radius 1 is 1.16 bits per heavy atom. The number of imidazole rings is 1. The van der Waals surface area contributed by atoms with Crippen LogP contribution in [0.2, 0.25) is 0 Å². The third-order valence-electron chi connectivity index (χ3n) is 5.37. The van der Waals surface area contributed by atoms with E-state index >= 15 is 0 Å². The molecule has 198 valence electrons. The Bertz CT molecular complexity index is 1460. The molecule has 0 radical (unpaired) electrons. The summed E-state index contributed by atoms with van der Waals surface area (Å²) in [5.41, 5.74) is 8.44. The van der Waals surface area contributed by atoms with Crippen LogP contribution in [-0.2, 0) is 11.3 Å². The summed E-state index contributed by atoms with van der Waals surface area (Å²) in [6.07, 6.45) is 2.64. The molecular formula is C27H31N7O4. The monoisotopic (exact) mass is 517 g/mol. The molecule has 3 aromatic heterocycles. The van der Waals surface area contributed by atoms with Crippen LogP contribution >= 0.6 is 0 Å². The van der Waals surface area contributed by atoms with Crippen molar-refractivity contribution in [3.05, 3.63) is 47.8 Å². The second-order valence-electron chi connectivity index (χ2n) is 9.45. The van der Waals surface area contributed by atoms with Gasteiger partial charge in [-0.2, -0.15) is 0 Å². The number of nitrogens with zero attached hydrogens (tertiary/aromatic N) is 5. The van der Waals surface area contributed by atoms with Crippen molar-refractivity contribution in [3.63, 3.8) is 0 Å². The molecule has 0 spiro atoms. The summed E-state index contributed by atoms with van der Waals surface area (Å²) in [5.74, 6) is 7.45. The molecule has 0 aliphatic carbocycles. The van der Waals surface area contributed by atoms with Crippen molar-refractivity contribution in [1.82, 2.24) is 30.2 Å². The Hall–Kier alpha value is -4.59. The van der Waals surface area contributed by atoms with Gasteiger partial charge in [-0.05, 0) is 68.9 Å². The fourth-order valence-electron chi connectivity index (χ4n) is 3.72. The van der Waals surface area contributed by atoms with Gasteiger partial charge in [-0.15, -0.1) is 0 Å². The maximum absolute atomic E-state index is 11.8. The summed E-state index contributed by atoms with van der Waals surface area (Å²) in [7, 11) is 0. The molecule has 0 aliphatic rings. The van der Waals surface area contributed by atoms with Crippen LogP contribution in [0.1, 0.15) is 51.8 Å². The van der Waals surface area contributed by atoms with Gasteiger partial charge in [-0.1, -0.05) is 24.1 Å². The molecule has 0 atom stereocenters. The Kier molecular flexibility index (Phi) is 8.11. The third-order valence-corrected chi connectivity index (χ3v) is 5.37. The van der Waals surface area contributed by atoms with E-state index in [0.717, 1.165) is 17.5 Å². The Labute approximate surface area is 220 Å². The van der Waals surface area contributed by atoms with Gasteiger partial charge < -0.3 is 25.1 Å². The number of alkyl carbamates (subject to hydrolysis) is 1. The van der Waals surface area contributed by atoms with E-state index in [0.29, 0.717) is 54.6 Å². The number of aromatic nitrogens is 5. The SMILES string of the molecule is CCn1c(-c2nonc2N)nc2c(C#Cc3ccccc3)ncc(OCCCCNC(=O)OC(C)(C)C)c21. The minimum Gasteiger partial charge on any atom is -0.490 e. The first kappa shape index (κ1) is 26.5. The molecule has 3 N–H and O–H groups in total. The number of nitrogens with two attached hydrogens (primary N) is 1. The summed E-state index contributed by atoms with van der Waals surface area (Å²) in [5, 5.41) is 10.4. The van der Waals surface area contributed by atoms with Crippen molar-refractivity contribution < 1.29 is 18.9 Å². The van der Waals surface area contributed by atoms with Crippen LogP contribution in [0, 0.1) is 11.8 Å². The lowest BCUT2D eigenvalue weighted by Gasteiger charge is -2.19. The minimum atomic E-state index is -0.531. The zero-order valence-corrected chi connectivity index (χ0v) is 21.9. The first-order chi connectivity index (χ1) is 18.3. The van der Waals surface area contributed by atoms with E-state index in [2.05, 4.69) is 32.5 Å². The summed E-state index contributed by atoms with van der Waals surface area (Å²) < 4.78 is 18.1. The summed E-state index contributed by atoms with van der Waals surface area (Å²) in [6.45, 7) is 8.92. The van der Waals surface area contributed by atoms with E-state index in [1.165, 1.54) is 0 Å². The smallest absolute Gasteiger partial charge is 0.407 e. The number of hydrogen-bond acceptors (Lipinski definition) is 9. The predicted molar refractivity (Wildman–Crippen MR) is 142 cm³/mol. The van der Waals surface area contributed by atoms with E-state index in [-0.39, 0.29) is 5.82 Å². The first-order valence-electron chi connectivity index (χ1n) is 12.4. The molecule has 0 saturated carbocycles. The lowest BCUT2D eigenvalue weighted by Crippen LogP contribution is -2.33. The third kappa shape index (κ3) is 6.39. The Balaban J connectivity index is 1.56. The number of carbonyl (C=O) groups excluding carboxylic acids is 1. The molecule has 0 bridgehead atoms. The van der Waals surface area contributed by atoms with Crippen LogP contribution in [0.15, 0.2) is 41.2 Å². The number of unbranched alkanes of at least 4 members (excludes halogenated alkanes) is 1. The Morgan fingerprint density at radius 3 is 2.63 bits per heavy atom. The van der Waals surface area contributed by atoms with Crippen molar-refractivity contribution in [2.24, 2.45) is 0 Å². The molecule has 0 aliphatic heterocycles. The average molecular weight is 518 g/mol. The van der Waals surface area contributed by atoms with Crippen LogP contribution in [0.5, 0.6) is 5.75 Å². The lowest BCUT2D eigenvalue weighted by molar-refractivity contribution is 0.0526. The van der Waals surface area contributed by atoms with Gasteiger partial charge in [0.1, 0.15) is 22.3 Å². The first-order valence-corrected chi connectivity index (χ1v) is 12.4. The van der Waals surface area contributed by atoms with Crippen molar-refractivity contribution >= 4 is 22.9 Å². The number of nitrogen functional groups attached to an aromatic ring is 1. The minimum absolute atomic E-state index is 0.139. The average Bonchev–Trinajstić information content (AvgIpc) is 3.48. The van der Waals surface area contributed by atoms with E-state index in [9.17, 15) is 4.79 Å². The van der Waals surface area contributed by atoms with E-state index in [1.54, 1.807) is 6.20 Å². The number of anilines is 1. The highest BCUT2D eigenvalue weighted by Crippen LogP contribution is 2.33. The van der Waals surface area contributed by atoms with E-state index in [1.807, 2.05) is 62.6 Å². The number of nitrogens with one attached hydrogen (secondary N) is 1. The number of carbonyl (C=O) groups is 1. The van der Waals surface area contributed by atoms with Crippen molar-refractivity contribution in [2.45, 2.75) is 52.7 Å². The second-order valence-corrected chi connectivity index (χ2v) is 9.45. The summed E-state index contributed by atoms with van der Waals surface area (Å²) >= 11 is 0. The van der Waals surface area contributed by atoms with E-state index < -0.39 is 11.7 Å². The maximum Gasteiger partial charge on any atom is 0.407 e. The van der Waals surface area contributed by atoms with Gasteiger partial charge in [0.2, 0.25) is 0 Å². The fourth-order valence-corrected chi connectivity index (χ4v) is 3.72. The van der Waals surface area contributed by atoms with Crippen molar-refractivity contribution in [3.8, 4) is 29.1 Å². The highest BCUT2D eigenvalue weighted by Gasteiger charge is 2.23. The predicted octanol–water partition coefficient (Wildman–Crippen LogP) is 4.17. The van der Waals surface area contributed by atoms with Gasteiger partial charge in [0.15, 0.2) is 23.1 Å². The molecule has 11 nitrogen and oxygen atoms in total. The molecule has 4 aromatic rings. The van der Waals surface area contributed by atoms with Gasteiger partial charge in [0, 0.05) is 18.7 Å². The highest BCUT2D eigenvalue weighted by atomic mass is 16.6. The highest BCUT2D eigenvalue weighted by molar-refractivity contribution is 5.89. The molecule has 3 heterocycles. The number of ether oxygens (including phenoxy) is 2. The molecule has 4 rings (SSSR count). The summed E-state index contributed by atoms with van der Waals surface area (Å²) in [4.78, 5) is 21.1. The number of pyridine rings is 1. The molecule has 0 saturated heterocycles. The molecular weight excluding hydrogens is 486 g/mol. The zero-order valence-electron chi connectivity index (χ0n) is 21.9. The number of fused-ring (bicyclic) bond motifs is 1. The van der Waals surface area contributed by atoms with E-state index in [4.69, 9.17) is 24.8 Å². The fraction of sp³-hybridized carbons (Fsp3) is 0.370. The van der Waals surface area contributed by atoms with Crippen LogP contribution in [-0.4, -0.2) is 49.7 Å². The van der Waals surface area contributed by atoms with Crippen molar-refractivity contribution in [1.29, 1.82) is 0 Å². The van der Waals surface area contributed by atoms with Crippen LogP contribution in [0.4, 0.5) is 10.6 Å². The normalized spacial score (nSPS) is 11.2. The number of amides is 1. The van der Waals surface area contributed by atoms with Crippen LogP contribution in [0.25, 0.3) is 22.6 Å². The number of benzene rings is 1. The largest absolute Gasteiger partial charge is 0.490 e. The van der Waals surface area contributed by atoms with Crippen LogP contribution in [0.3, 0.4) is 0 Å². The number of hydrogen-bond donors (Lipinski definition) is 2. The van der Waals surface area contributed by atoms with Gasteiger partial charge >= 0.3 is 6.09 Å². The molecule has 1 aromatic carbocycles. The summed E-state index contributed by atoms with van der Waals surface area (Å²) in [6, 6.07) is 9.65. The topological polar surface area (TPSA) is 143 Å². The lowest BCUT2D eigenvalue weighted by atomic mass is 10.2. The van der Waals surface area contributed by atoms with Gasteiger partial charge in [0.05, 0.1) is 12.8 Å². The molecule has 1 amide bonds. The quantitative estimate of drug-likeness (QED) is 0.260. The van der Waals surface area contributed by atoms with Gasteiger partial charge in [-0.25, -0.2) is 19.4 Å². The van der Waals surface area contributed by atoms with Crippen LogP contribution < -0.4 is 15.8 Å². The second kappa shape index (κ2) is 11.6.